The molecule has 0 radical (unpaired) electrons. The number of aryl methyl sites for hydroxylation is 2. The summed E-state index contributed by atoms with van der Waals surface area (Å²) in [7, 11) is 4.03. The van der Waals surface area contributed by atoms with Gasteiger partial charge in [0.05, 0.1) is 6.04 Å². The molecule has 0 aliphatic rings. The third kappa shape index (κ3) is 5.24. The van der Waals surface area contributed by atoms with Crippen LogP contribution in [0.3, 0.4) is 0 Å². The minimum atomic E-state index is -0.0199. The van der Waals surface area contributed by atoms with Gasteiger partial charge in [0.2, 0.25) is 17.6 Å². The molecule has 0 aliphatic carbocycles. The van der Waals surface area contributed by atoms with Gasteiger partial charge in [-0.15, -0.1) is 11.3 Å². The Morgan fingerprint density at radius 3 is 2.70 bits per heavy atom. The third-order valence-electron chi connectivity index (χ3n) is 4.33. The normalized spacial score (nSPS) is 12.3. The van der Waals surface area contributed by atoms with E-state index in [-0.39, 0.29) is 11.9 Å². The van der Waals surface area contributed by atoms with Crippen molar-refractivity contribution in [2.24, 2.45) is 0 Å². The highest BCUT2D eigenvalue weighted by molar-refractivity contribution is 7.10. The van der Waals surface area contributed by atoms with Crippen molar-refractivity contribution in [3.05, 3.63) is 58.1 Å². The number of hydrogen-bond acceptors (Lipinski definition) is 6. The van der Waals surface area contributed by atoms with Crippen molar-refractivity contribution in [1.82, 2.24) is 20.4 Å². The summed E-state index contributed by atoms with van der Waals surface area (Å²) in [5, 5.41) is 9.06. The molecule has 1 aromatic carbocycles. The lowest BCUT2D eigenvalue weighted by molar-refractivity contribution is -0.121. The first kappa shape index (κ1) is 19.3. The van der Waals surface area contributed by atoms with Crippen LogP contribution in [0.25, 0.3) is 11.4 Å². The van der Waals surface area contributed by atoms with Crippen molar-refractivity contribution in [2.75, 3.05) is 20.6 Å². The fraction of sp³-hybridized carbons (Fsp3) is 0.350. The fourth-order valence-corrected chi connectivity index (χ4v) is 3.64. The lowest BCUT2D eigenvalue weighted by Gasteiger charge is -2.23. The molecule has 0 saturated heterocycles. The van der Waals surface area contributed by atoms with E-state index in [9.17, 15) is 4.79 Å². The van der Waals surface area contributed by atoms with Gasteiger partial charge in [-0.05, 0) is 32.5 Å². The van der Waals surface area contributed by atoms with E-state index in [2.05, 4.69) is 31.8 Å². The van der Waals surface area contributed by atoms with Gasteiger partial charge in [0, 0.05) is 29.8 Å². The van der Waals surface area contributed by atoms with Crippen LogP contribution in [-0.2, 0) is 11.2 Å². The van der Waals surface area contributed by atoms with E-state index in [0.717, 1.165) is 5.56 Å². The van der Waals surface area contributed by atoms with E-state index >= 15 is 0 Å². The Kier molecular flexibility index (Phi) is 6.36. The first-order chi connectivity index (χ1) is 13.0. The summed E-state index contributed by atoms with van der Waals surface area (Å²) in [6, 6.07) is 12.2. The van der Waals surface area contributed by atoms with Crippen molar-refractivity contribution in [3.8, 4) is 11.4 Å². The molecule has 0 aliphatic heterocycles. The predicted molar refractivity (Wildman–Crippen MR) is 107 cm³/mol. The van der Waals surface area contributed by atoms with Gasteiger partial charge in [-0.3, -0.25) is 4.79 Å². The van der Waals surface area contributed by atoms with Gasteiger partial charge in [0.25, 0.3) is 0 Å². The van der Waals surface area contributed by atoms with Crippen LogP contribution in [0.5, 0.6) is 0 Å². The van der Waals surface area contributed by atoms with Crippen LogP contribution < -0.4 is 5.32 Å². The molecule has 2 heterocycles. The Morgan fingerprint density at radius 1 is 1.26 bits per heavy atom. The second-order valence-electron chi connectivity index (χ2n) is 6.68. The minimum Gasteiger partial charge on any atom is -0.354 e. The fourth-order valence-electron chi connectivity index (χ4n) is 2.71. The van der Waals surface area contributed by atoms with E-state index in [4.69, 9.17) is 4.52 Å². The molecule has 3 aromatic rings. The molecule has 0 saturated carbocycles. The minimum absolute atomic E-state index is 0.0199. The zero-order chi connectivity index (χ0) is 19.2. The molecule has 0 fully saturated rings. The van der Waals surface area contributed by atoms with Crippen LogP contribution in [-0.4, -0.2) is 41.6 Å². The molecule has 142 valence electrons. The maximum absolute atomic E-state index is 12.2. The molecule has 2 aromatic heterocycles. The number of thiophene rings is 1. The molecule has 1 unspecified atom stereocenters. The standard InChI is InChI=1S/C20H24N4O2S/c1-14-6-8-15(9-7-14)20-22-19(26-23-20)11-10-18(25)21-13-16(24(2)3)17-5-4-12-27-17/h4-9,12,16H,10-11,13H2,1-3H3,(H,21,25). The molecule has 1 atom stereocenters. The van der Waals surface area contributed by atoms with E-state index in [1.165, 1.54) is 10.4 Å². The van der Waals surface area contributed by atoms with Gasteiger partial charge < -0.3 is 14.7 Å². The molecule has 27 heavy (non-hydrogen) atoms. The molecule has 1 N–H and O–H groups in total. The number of nitrogens with zero attached hydrogens (tertiary/aromatic N) is 3. The van der Waals surface area contributed by atoms with Gasteiger partial charge >= 0.3 is 0 Å². The molecule has 0 bridgehead atoms. The number of hydrogen-bond donors (Lipinski definition) is 1. The molecule has 3 rings (SSSR count). The summed E-state index contributed by atoms with van der Waals surface area (Å²) >= 11 is 1.70. The highest BCUT2D eigenvalue weighted by Gasteiger charge is 2.17. The zero-order valence-electron chi connectivity index (χ0n) is 15.8. The Morgan fingerprint density at radius 2 is 2.04 bits per heavy atom. The highest BCUT2D eigenvalue weighted by Crippen LogP contribution is 2.22. The molecular formula is C20H24N4O2S. The van der Waals surface area contributed by atoms with Crippen LogP contribution in [0.15, 0.2) is 46.3 Å². The van der Waals surface area contributed by atoms with Crippen molar-refractivity contribution in [1.29, 1.82) is 0 Å². The van der Waals surface area contributed by atoms with Gasteiger partial charge in [-0.25, -0.2) is 0 Å². The SMILES string of the molecule is Cc1ccc(-c2noc(CCC(=O)NCC(c3cccs3)N(C)C)n2)cc1. The Labute approximate surface area is 163 Å². The Bertz CT molecular complexity index is 857. The van der Waals surface area contributed by atoms with Gasteiger partial charge in [-0.1, -0.05) is 41.1 Å². The number of rotatable bonds is 8. The second kappa shape index (κ2) is 8.92. The lowest BCUT2D eigenvalue weighted by atomic mass is 10.1. The summed E-state index contributed by atoms with van der Waals surface area (Å²) < 4.78 is 5.27. The first-order valence-corrected chi connectivity index (χ1v) is 9.77. The van der Waals surface area contributed by atoms with Crippen molar-refractivity contribution in [3.63, 3.8) is 0 Å². The number of amides is 1. The van der Waals surface area contributed by atoms with Crippen LogP contribution >= 0.6 is 11.3 Å². The van der Waals surface area contributed by atoms with E-state index in [1.54, 1.807) is 11.3 Å². The second-order valence-corrected chi connectivity index (χ2v) is 7.66. The number of benzene rings is 1. The number of aromatic nitrogens is 2. The number of nitrogens with one attached hydrogen (secondary N) is 1. The summed E-state index contributed by atoms with van der Waals surface area (Å²) in [4.78, 5) is 19.9. The van der Waals surface area contributed by atoms with Crippen LogP contribution in [0.1, 0.15) is 28.8 Å². The predicted octanol–water partition coefficient (Wildman–Crippen LogP) is 3.46. The molecular weight excluding hydrogens is 360 g/mol. The number of likely N-dealkylation sites (N-methyl/N-ethyl adjacent to an activating group) is 1. The lowest BCUT2D eigenvalue weighted by Crippen LogP contribution is -2.34. The summed E-state index contributed by atoms with van der Waals surface area (Å²) in [6.45, 7) is 2.61. The molecule has 1 amide bonds. The summed E-state index contributed by atoms with van der Waals surface area (Å²) in [5.74, 6) is 1.01. The average molecular weight is 385 g/mol. The number of carbonyl (C=O) groups is 1. The van der Waals surface area contributed by atoms with Crippen LogP contribution in [0.2, 0.25) is 0 Å². The van der Waals surface area contributed by atoms with Crippen molar-refractivity contribution in [2.45, 2.75) is 25.8 Å². The van der Waals surface area contributed by atoms with E-state index < -0.39 is 0 Å². The smallest absolute Gasteiger partial charge is 0.227 e. The number of carbonyl (C=O) groups excluding carboxylic acids is 1. The molecule has 7 heteroatoms. The summed E-state index contributed by atoms with van der Waals surface area (Å²) in [5.41, 5.74) is 2.09. The first-order valence-electron chi connectivity index (χ1n) is 8.89. The van der Waals surface area contributed by atoms with Gasteiger partial charge in [-0.2, -0.15) is 4.98 Å². The van der Waals surface area contributed by atoms with Crippen LogP contribution in [0, 0.1) is 6.92 Å². The topological polar surface area (TPSA) is 71.3 Å². The van der Waals surface area contributed by atoms with E-state index in [0.29, 0.717) is 31.1 Å². The monoisotopic (exact) mass is 384 g/mol. The largest absolute Gasteiger partial charge is 0.354 e. The van der Waals surface area contributed by atoms with Crippen molar-refractivity contribution < 1.29 is 9.32 Å². The maximum atomic E-state index is 12.2. The Balaban J connectivity index is 1.50. The third-order valence-corrected chi connectivity index (χ3v) is 5.30. The van der Waals surface area contributed by atoms with Gasteiger partial charge in [0.15, 0.2) is 0 Å². The summed E-state index contributed by atoms with van der Waals surface area (Å²) in [6.07, 6.45) is 0.746. The molecule has 6 nitrogen and oxygen atoms in total. The zero-order valence-corrected chi connectivity index (χ0v) is 16.6. The molecule has 0 spiro atoms. The Hall–Kier alpha value is -2.51. The average Bonchev–Trinajstić information content (AvgIpc) is 3.33. The van der Waals surface area contributed by atoms with Gasteiger partial charge in [0.1, 0.15) is 0 Å². The van der Waals surface area contributed by atoms with Crippen molar-refractivity contribution >= 4 is 17.2 Å². The highest BCUT2D eigenvalue weighted by atomic mass is 32.1. The maximum Gasteiger partial charge on any atom is 0.227 e. The van der Waals surface area contributed by atoms with E-state index in [1.807, 2.05) is 51.4 Å². The quantitative estimate of drug-likeness (QED) is 0.644. The van der Waals surface area contributed by atoms with Crippen LogP contribution in [0.4, 0.5) is 0 Å².